The molecule has 0 aromatic rings. The molecule has 15 nitrogen and oxygen atoms in total. The van der Waals surface area contributed by atoms with Crippen LogP contribution in [-0.2, 0) is 33.3 Å². The van der Waals surface area contributed by atoms with Gasteiger partial charge in [0, 0.05) is 0 Å². The Bertz CT molecular complexity index is 1510. The van der Waals surface area contributed by atoms with Crippen LogP contribution in [0.2, 0.25) is 0 Å². The Morgan fingerprint density at radius 2 is 0.484 bits per heavy atom. The molecule has 2 rings (SSSR count). The minimum absolute atomic E-state index is 0.429. The SMILES string of the molecule is CCCCCCCCCCCCCCCC(O)C(CCCCCCCCCCCCCC)C(=O)OCC1O[C@@H](O[C@@H]2OC(COC(=O)C(CCCCCCCCCCCCCC)C(O)CCCCCCCCCCCCCCC)[C@H](O)[C@H](O)C2O)C(O)[C@@H](O)[C@H]1O. The van der Waals surface area contributed by atoms with Crippen molar-refractivity contribution in [1.82, 2.24) is 0 Å². The van der Waals surface area contributed by atoms with Gasteiger partial charge in [-0.25, -0.2) is 0 Å². The smallest absolute Gasteiger partial charge is 0.311 e. The summed E-state index contributed by atoms with van der Waals surface area (Å²) < 4.78 is 29.3. The van der Waals surface area contributed by atoms with Gasteiger partial charge in [-0.2, -0.15) is 0 Å². The van der Waals surface area contributed by atoms with Crippen LogP contribution in [0.15, 0.2) is 0 Å². The lowest BCUT2D eigenvalue weighted by atomic mass is 9.91. The van der Waals surface area contributed by atoms with E-state index in [1.54, 1.807) is 0 Å². The number of aliphatic hydroxyl groups is 8. The van der Waals surface area contributed by atoms with Gasteiger partial charge in [0.25, 0.3) is 0 Å². The van der Waals surface area contributed by atoms with Gasteiger partial charge in [-0.1, -0.05) is 349 Å². The van der Waals surface area contributed by atoms with Crippen LogP contribution in [0.3, 0.4) is 0 Å². The molecular weight excluding hydrogens is 1150 g/mol. The van der Waals surface area contributed by atoms with Crippen LogP contribution in [-0.4, -0.2) is 140 Å². The van der Waals surface area contributed by atoms with E-state index in [1.165, 1.54) is 218 Å². The third-order valence-corrected chi connectivity index (χ3v) is 19.9. The second-order valence-electron chi connectivity index (χ2n) is 28.2. The summed E-state index contributed by atoms with van der Waals surface area (Å²) in [6.07, 6.45) is 41.7. The molecule has 2 saturated heterocycles. The molecule has 0 saturated carbocycles. The second-order valence-corrected chi connectivity index (χ2v) is 28.2. The van der Waals surface area contributed by atoms with Gasteiger partial charge in [0.05, 0.1) is 24.0 Å². The van der Waals surface area contributed by atoms with Crippen molar-refractivity contribution in [2.24, 2.45) is 11.8 Å². The summed E-state index contributed by atoms with van der Waals surface area (Å²) in [6, 6.07) is 0. The fourth-order valence-corrected chi connectivity index (χ4v) is 13.5. The number of carbonyl (C=O) groups is 2. The predicted molar refractivity (Wildman–Crippen MR) is 367 cm³/mol. The lowest BCUT2D eigenvalue weighted by Crippen LogP contribution is -2.64. The van der Waals surface area contributed by atoms with Crippen molar-refractivity contribution in [2.75, 3.05) is 13.2 Å². The second kappa shape index (κ2) is 58.6. The van der Waals surface area contributed by atoms with E-state index in [0.717, 1.165) is 103 Å². The van der Waals surface area contributed by atoms with Gasteiger partial charge in [0.1, 0.15) is 62.0 Å². The molecule has 0 spiro atoms. The first-order valence-electron chi connectivity index (χ1n) is 39.1. The van der Waals surface area contributed by atoms with Crippen LogP contribution in [0.25, 0.3) is 0 Å². The van der Waals surface area contributed by atoms with E-state index >= 15 is 0 Å². The van der Waals surface area contributed by atoms with E-state index in [-0.39, 0.29) is 0 Å². The normalized spacial score (nSPS) is 23.3. The summed E-state index contributed by atoms with van der Waals surface area (Å²) in [5, 5.41) is 89.7. The third kappa shape index (κ3) is 41.4. The van der Waals surface area contributed by atoms with Crippen molar-refractivity contribution in [1.29, 1.82) is 0 Å². The maximum atomic E-state index is 14.0. The zero-order valence-electron chi connectivity index (χ0n) is 59.1. The number of unbranched alkanes of at least 4 members (excludes halogenated alkanes) is 46. The van der Waals surface area contributed by atoms with Crippen molar-refractivity contribution < 1.29 is 74.1 Å². The predicted octanol–water partition coefficient (Wildman–Crippen LogP) is 16.8. The number of aliphatic hydroxyl groups excluding tert-OH is 8. The lowest BCUT2D eigenvalue weighted by molar-refractivity contribution is -0.376. The molecular formula is C76H146O15. The Kier molecular flexibility index (Phi) is 55.1. The number of esters is 2. The summed E-state index contributed by atoms with van der Waals surface area (Å²) in [5.41, 5.74) is 0. The first kappa shape index (κ1) is 85.6. The quantitative estimate of drug-likeness (QED) is 0.0209. The topological polar surface area (TPSA) is 242 Å². The minimum atomic E-state index is -1.89. The van der Waals surface area contributed by atoms with Crippen molar-refractivity contribution in [3.8, 4) is 0 Å². The summed E-state index contributed by atoms with van der Waals surface area (Å²) >= 11 is 0. The third-order valence-electron chi connectivity index (χ3n) is 19.9. The van der Waals surface area contributed by atoms with E-state index in [4.69, 9.17) is 23.7 Å². The summed E-state index contributed by atoms with van der Waals surface area (Å²) in [7, 11) is 0. The molecule has 0 radical (unpaired) electrons. The van der Waals surface area contributed by atoms with Gasteiger partial charge in [-0.3, -0.25) is 9.59 Å². The van der Waals surface area contributed by atoms with Gasteiger partial charge in [-0.15, -0.1) is 0 Å². The first-order valence-corrected chi connectivity index (χ1v) is 39.1. The molecule has 0 amide bonds. The van der Waals surface area contributed by atoms with Crippen molar-refractivity contribution >= 4 is 11.9 Å². The van der Waals surface area contributed by atoms with Crippen LogP contribution in [0, 0.1) is 11.8 Å². The van der Waals surface area contributed by atoms with Crippen LogP contribution < -0.4 is 0 Å². The zero-order valence-corrected chi connectivity index (χ0v) is 59.1. The number of ether oxygens (including phenoxy) is 5. The number of carbonyl (C=O) groups excluding carboxylic acids is 2. The molecule has 0 aliphatic carbocycles. The highest BCUT2D eigenvalue weighted by molar-refractivity contribution is 5.73. The number of rotatable bonds is 64. The molecule has 0 aromatic heterocycles. The molecule has 0 aromatic carbocycles. The molecule has 8 unspecified atom stereocenters. The van der Waals surface area contributed by atoms with E-state index in [9.17, 15) is 50.4 Å². The first-order chi connectivity index (χ1) is 44.3. The average Bonchev–Trinajstić information content (AvgIpc) is 1.06. The molecule has 2 aliphatic heterocycles. The van der Waals surface area contributed by atoms with Gasteiger partial charge < -0.3 is 64.5 Å². The number of hydrogen-bond donors (Lipinski definition) is 8. The molecule has 14 atom stereocenters. The highest BCUT2D eigenvalue weighted by atomic mass is 16.8. The largest absolute Gasteiger partial charge is 0.463 e. The van der Waals surface area contributed by atoms with Crippen LogP contribution >= 0.6 is 0 Å². The average molecular weight is 1300 g/mol. The van der Waals surface area contributed by atoms with Crippen LogP contribution in [0.1, 0.15) is 374 Å². The Labute approximate surface area is 556 Å². The van der Waals surface area contributed by atoms with E-state index in [0.29, 0.717) is 25.7 Å². The maximum Gasteiger partial charge on any atom is 0.311 e. The standard InChI is InChI=1S/C76H146O15/c1-5-9-13-17-21-25-29-33-37-41-45-49-53-57-63(77)61(55-51-47-43-39-35-31-27-23-19-15-11-7-3)73(85)87-59-65-67(79)69(81)71(83)75(89-65)91-76-72(84)70(82)68(80)66(90-76)60-88-74(86)62(56-52-48-44-40-36-32-28-24-20-16-12-8-4)64(78)58-54-50-46-42-38-34-30-26-22-18-14-10-6-2/h61-72,75-84H,5-60H2,1-4H3/t61?,62?,63?,64?,65?,66?,67-,68-,69-,70-,71?,72?,75-,76-/m0/s1. The molecule has 0 bridgehead atoms. The highest BCUT2D eigenvalue weighted by Gasteiger charge is 2.50. The molecule has 8 N–H and O–H groups in total. The highest BCUT2D eigenvalue weighted by Crippen LogP contribution is 2.31. The molecule has 2 fully saturated rings. The van der Waals surface area contributed by atoms with Gasteiger partial charge in [0.2, 0.25) is 0 Å². The summed E-state index contributed by atoms with van der Waals surface area (Å²) in [5.74, 6) is -2.93. The van der Waals surface area contributed by atoms with Crippen LogP contribution in [0.5, 0.6) is 0 Å². The molecule has 91 heavy (non-hydrogen) atoms. The molecule has 2 heterocycles. The van der Waals surface area contributed by atoms with Gasteiger partial charge in [0.15, 0.2) is 12.6 Å². The van der Waals surface area contributed by atoms with Crippen molar-refractivity contribution in [2.45, 2.75) is 448 Å². The Balaban J connectivity index is 2.03. The maximum absolute atomic E-state index is 14.0. The summed E-state index contributed by atoms with van der Waals surface area (Å²) in [6.45, 7) is 7.86. The van der Waals surface area contributed by atoms with E-state index in [2.05, 4.69) is 27.7 Å². The fraction of sp³-hybridized carbons (Fsp3) is 0.974. The van der Waals surface area contributed by atoms with Crippen molar-refractivity contribution in [3.05, 3.63) is 0 Å². The monoisotopic (exact) mass is 1300 g/mol. The Morgan fingerprint density at radius 3 is 0.703 bits per heavy atom. The van der Waals surface area contributed by atoms with Gasteiger partial charge >= 0.3 is 11.9 Å². The van der Waals surface area contributed by atoms with Crippen molar-refractivity contribution in [3.63, 3.8) is 0 Å². The molecule has 15 heteroatoms. The fourth-order valence-electron chi connectivity index (χ4n) is 13.5. The summed E-state index contributed by atoms with van der Waals surface area (Å²) in [4.78, 5) is 27.9. The van der Waals surface area contributed by atoms with Gasteiger partial charge in [-0.05, 0) is 25.7 Å². The molecule has 540 valence electrons. The Morgan fingerprint density at radius 1 is 0.286 bits per heavy atom. The lowest BCUT2D eigenvalue weighted by Gasteiger charge is -2.44. The van der Waals surface area contributed by atoms with E-state index < -0.39 is 111 Å². The Hall–Kier alpha value is -1.50. The van der Waals surface area contributed by atoms with E-state index in [1.807, 2.05) is 0 Å². The van der Waals surface area contributed by atoms with Crippen LogP contribution in [0.4, 0.5) is 0 Å². The molecule has 2 aliphatic rings. The number of hydrogen-bond acceptors (Lipinski definition) is 15. The minimum Gasteiger partial charge on any atom is -0.463 e. The zero-order chi connectivity index (χ0) is 66.4.